The van der Waals surface area contributed by atoms with Crippen molar-refractivity contribution in [2.24, 2.45) is 11.3 Å². The van der Waals surface area contributed by atoms with Gasteiger partial charge in [-0.2, -0.15) is 0 Å². The molecular weight excluding hydrogens is 416 g/mol. The standard InChI is InChI=1S/C26H30N4O3/c1-17-10-21(27-2)7-6-19(17)16-28-24(31)20-11-26(12-20)13-22(14-26)30-25(32)29-15-18-4-8-23(33-3)9-5-18/h4-10,20,22H,11-16H2,1,3H3,(H,28,31)(H2,29,30,32). The summed E-state index contributed by atoms with van der Waals surface area (Å²) in [5, 5.41) is 8.99. The van der Waals surface area contributed by atoms with Gasteiger partial charge < -0.3 is 20.7 Å². The van der Waals surface area contributed by atoms with Gasteiger partial charge >= 0.3 is 6.03 Å². The van der Waals surface area contributed by atoms with Crippen molar-refractivity contribution in [2.45, 2.75) is 51.7 Å². The van der Waals surface area contributed by atoms with Crippen LogP contribution in [0.3, 0.4) is 0 Å². The predicted octanol–water partition coefficient (Wildman–Crippen LogP) is 4.23. The molecule has 0 heterocycles. The van der Waals surface area contributed by atoms with E-state index in [0.717, 1.165) is 48.1 Å². The van der Waals surface area contributed by atoms with Crippen molar-refractivity contribution in [1.29, 1.82) is 0 Å². The van der Waals surface area contributed by atoms with Crippen LogP contribution >= 0.6 is 0 Å². The summed E-state index contributed by atoms with van der Waals surface area (Å²) in [4.78, 5) is 28.2. The third-order valence-electron chi connectivity index (χ3n) is 6.94. The number of hydrogen-bond donors (Lipinski definition) is 3. The first-order chi connectivity index (χ1) is 15.9. The molecule has 2 saturated carbocycles. The van der Waals surface area contributed by atoms with E-state index in [2.05, 4.69) is 20.8 Å². The first-order valence-electron chi connectivity index (χ1n) is 11.3. The molecular formula is C26H30N4O3. The number of rotatable bonds is 7. The molecule has 172 valence electrons. The summed E-state index contributed by atoms with van der Waals surface area (Å²) < 4.78 is 5.14. The maximum atomic E-state index is 12.5. The van der Waals surface area contributed by atoms with E-state index in [4.69, 9.17) is 11.3 Å². The number of ether oxygens (including phenoxy) is 1. The van der Waals surface area contributed by atoms with Crippen LogP contribution in [0.25, 0.3) is 4.85 Å². The molecule has 4 rings (SSSR count). The van der Waals surface area contributed by atoms with Gasteiger partial charge in [-0.05, 0) is 61.3 Å². The van der Waals surface area contributed by atoms with Gasteiger partial charge in [0, 0.05) is 25.0 Å². The monoisotopic (exact) mass is 446 g/mol. The summed E-state index contributed by atoms with van der Waals surface area (Å²) in [6.07, 6.45) is 3.65. The SMILES string of the molecule is [C-]#[N+]c1ccc(CNC(=O)C2CC3(CC(NC(=O)NCc4ccc(OC)cc4)C3)C2)c(C)c1. The van der Waals surface area contributed by atoms with E-state index in [1.165, 1.54) is 0 Å². The number of carbonyl (C=O) groups is 2. The van der Waals surface area contributed by atoms with E-state index < -0.39 is 0 Å². The summed E-state index contributed by atoms with van der Waals surface area (Å²) in [7, 11) is 1.63. The Morgan fingerprint density at radius 1 is 1.06 bits per heavy atom. The number of hydrogen-bond acceptors (Lipinski definition) is 3. The average molecular weight is 447 g/mol. The van der Waals surface area contributed by atoms with Crippen LogP contribution in [0.4, 0.5) is 10.5 Å². The second kappa shape index (κ2) is 9.53. The number of benzene rings is 2. The number of nitrogens with zero attached hydrogens (tertiary/aromatic N) is 1. The van der Waals surface area contributed by atoms with Crippen LogP contribution in [-0.2, 0) is 17.9 Å². The van der Waals surface area contributed by atoms with Crippen molar-refractivity contribution in [2.75, 3.05) is 7.11 Å². The molecule has 0 radical (unpaired) electrons. The summed E-state index contributed by atoms with van der Waals surface area (Å²) in [5.41, 5.74) is 3.90. The zero-order valence-corrected chi connectivity index (χ0v) is 19.1. The zero-order valence-electron chi connectivity index (χ0n) is 19.1. The Bertz CT molecular complexity index is 1060. The Labute approximate surface area is 194 Å². The molecule has 2 fully saturated rings. The molecule has 0 saturated heterocycles. The summed E-state index contributed by atoms with van der Waals surface area (Å²) in [5.74, 6) is 0.946. The van der Waals surface area contributed by atoms with Crippen molar-refractivity contribution in [1.82, 2.24) is 16.0 Å². The Kier molecular flexibility index (Phi) is 6.55. The molecule has 2 aromatic rings. The Morgan fingerprint density at radius 3 is 2.42 bits per heavy atom. The summed E-state index contributed by atoms with van der Waals surface area (Å²) >= 11 is 0. The molecule has 0 atom stereocenters. The fraction of sp³-hybridized carbons (Fsp3) is 0.423. The summed E-state index contributed by atoms with van der Waals surface area (Å²) in [6.45, 7) is 10.00. The summed E-state index contributed by atoms with van der Waals surface area (Å²) in [6, 6.07) is 13.2. The lowest BCUT2D eigenvalue weighted by Gasteiger charge is -2.57. The maximum absolute atomic E-state index is 12.5. The second-order valence-corrected chi connectivity index (χ2v) is 9.33. The molecule has 0 aliphatic heterocycles. The van der Waals surface area contributed by atoms with Gasteiger partial charge in [-0.3, -0.25) is 4.79 Å². The van der Waals surface area contributed by atoms with E-state index >= 15 is 0 Å². The molecule has 3 amide bonds. The first-order valence-corrected chi connectivity index (χ1v) is 11.3. The van der Waals surface area contributed by atoms with Gasteiger partial charge in [0.15, 0.2) is 5.69 Å². The van der Waals surface area contributed by atoms with E-state index in [1.807, 2.05) is 43.3 Å². The number of urea groups is 1. The zero-order chi connectivity index (χ0) is 23.4. The molecule has 1 spiro atoms. The highest BCUT2D eigenvalue weighted by molar-refractivity contribution is 5.80. The molecule has 2 aliphatic rings. The average Bonchev–Trinajstić information content (AvgIpc) is 2.77. The highest BCUT2D eigenvalue weighted by Gasteiger charge is 2.54. The normalized spacial score (nSPS) is 22.9. The van der Waals surface area contributed by atoms with Crippen molar-refractivity contribution in [3.63, 3.8) is 0 Å². The smallest absolute Gasteiger partial charge is 0.315 e. The van der Waals surface area contributed by atoms with Crippen LogP contribution in [0.1, 0.15) is 42.4 Å². The molecule has 2 aromatic carbocycles. The highest BCUT2D eigenvalue weighted by atomic mass is 16.5. The number of methoxy groups -OCH3 is 1. The van der Waals surface area contributed by atoms with Crippen LogP contribution < -0.4 is 20.7 Å². The second-order valence-electron chi connectivity index (χ2n) is 9.33. The molecule has 0 aromatic heterocycles. The third-order valence-corrected chi connectivity index (χ3v) is 6.94. The minimum Gasteiger partial charge on any atom is -0.497 e. The van der Waals surface area contributed by atoms with Crippen LogP contribution in [0, 0.1) is 24.8 Å². The van der Waals surface area contributed by atoms with Gasteiger partial charge in [0.05, 0.1) is 13.7 Å². The van der Waals surface area contributed by atoms with E-state index in [-0.39, 0.29) is 29.3 Å². The molecule has 7 heteroatoms. The molecule has 7 nitrogen and oxygen atoms in total. The van der Waals surface area contributed by atoms with Gasteiger partial charge in [-0.25, -0.2) is 9.64 Å². The van der Waals surface area contributed by atoms with E-state index in [9.17, 15) is 9.59 Å². The van der Waals surface area contributed by atoms with Crippen molar-refractivity contribution < 1.29 is 14.3 Å². The predicted molar refractivity (Wildman–Crippen MR) is 126 cm³/mol. The Hall–Kier alpha value is -3.53. The lowest BCUT2D eigenvalue weighted by Crippen LogP contribution is -2.59. The van der Waals surface area contributed by atoms with E-state index in [1.54, 1.807) is 13.2 Å². The fourth-order valence-electron chi connectivity index (χ4n) is 5.03. The van der Waals surface area contributed by atoms with E-state index in [0.29, 0.717) is 18.8 Å². The fourth-order valence-corrected chi connectivity index (χ4v) is 5.03. The topological polar surface area (TPSA) is 83.8 Å². The molecule has 0 bridgehead atoms. The highest BCUT2D eigenvalue weighted by Crippen LogP contribution is 2.58. The largest absolute Gasteiger partial charge is 0.497 e. The molecule has 33 heavy (non-hydrogen) atoms. The maximum Gasteiger partial charge on any atom is 0.315 e. The third kappa shape index (κ3) is 5.28. The van der Waals surface area contributed by atoms with Crippen LogP contribution in [-0.4, -0.2) is 25.1 Å². The molecule has 3 N–H and O–H groups in total. The number of aryl methyl sites for hydroxylation is 1. The lowest BCUT2D eigenvalue weighted by molar-refractivity contribution is -0.138. The van der Waals surface area contributed by atoms with Gasteiger partial charge in [-0.15, -0.1) is 0 Å². The number of amides is 3. The quantitative estimate of drug-likeness (QED) is 0.557. The minimum atomic E-state index is -0.154. The first kappa shape index (κ1) is 22.7. The van der Waals surface area contributed by atoms with Gasteiger partial charge in [0.1, 0.15) is 5.75 Å². The molecule has 0 unspecified atom stereocenters. The molecule has 2 aliphatic carbocycles. The van der Waals surface area contributed by atoms with Crippen molar-refractivity contribution >= 4 is 17.6 Å². The van der Waals surface area contributed by atoms with Crippen molar-refractivity contribution in [3.05, 3.63) is 70.6 Å². The van der Waals surface area contributed by atoms with Crippen LogP contribution in [0.15, 0.2) is 42.5 Å². The Morgan fingerprint density at radius 2 is 1.79 bits per heavy atom. The van der Waals surface area contributed by atoms with Gasteiger partial charge in [0.25, 0.3) is 0 Å². The number of carbonyl (C=O) groups excluding carboxylic acids is 2. The van der Waals surface area contributed by atoms with Crippen LogP contribution in [0.2, 0.25) is 0 Å². The minimum absolute atomic E-state index is 0.0534. The van der Waals surface area contributed by atoms with Gasteiger partial charge in [-0.1, -0.05) is 35.9 Å². The van der Waals surface area contributed by atoms with Gasteiger partial charge in [0.2, 0.25) is 5.91 Å². The Balaban J connectivity index is 1.13. The lowest BCUT2D eigenvalue weighted by atomic mass is 9.50. The van der Waals surface area contributed by atoms with Crippen LogP contribution in [0.5, 0.6) is 5.75 Å². The van der Waals surface area contributed by atoms with Crippen molar-refractivity contribution in [3.8, 4) is 5.75 Å². The number of nitrogens with one attached hydrogen (secondary N) is 3.